The van der Waals surface area contributed by atoms with Crippen molar-refractivity contribution >= 4 is 17.3 Å². The highest BCUT2D eigenvalue weighted by molar-refractivity contribution is 5.96. The molecule has 0 spiro atoms. The fraction of sp³-hybridized carbons (Fsp3) is 0.143. The minimum absolute atomic E-state index is 0.00330. The average molecular weight is 318 g/mol. The van der Waals surface area contributed by atoms with Gasteiger partial charge < -0.3 is 15.0 Å². The van der Waals surface area contributed by atoms with Gasteiger partial charge in [0.05, 0.1) is 29.0 Å². The normalized spacial score (nSPS) is 10.2. The van der Waals surface area contributed by atoms with Crippen LogP contribution in [0.25, 0.3) is 5.69 Å². The number of nitrogens with two attached hydrogens (primary N) is 1. The molecule has 8 nitrogen and oxygen atoms in total. The molecule has 0 atom stereocenters. The van der Waals surface area contributed by atoms with E-state index in [1.54, 1.807) is 0 Å². The molecule has 23 heavy (non-hydrogen) atoms. The molecule has 2 aromatic rings. The van der Waals surface area contributed by atoms with Crippen molar-refractivity contribution in [3.8, 4) is 11.8 Å². The van der Waals surface area contributed by atoms with E-state index in [0.29, 0.717) is 0 Å². The van der Waals surface area contributed by atoms with Gasteiger partial charge in [0.1, 0.15) is 6.07 Å². The maximum Gasteiger partial charge on any atom is 0.357 e. The first kappa shape index (κ1) is 16.0. The number of rotatable bonds is 3. The van der Waals surface area contributed by atoms with Gasteiger partial charge >= 0.3 is 11.7 Å². The number of esters is 1. The smallest absolute Gasteiger partial charge is 0.357 e. The summed E-state index contributed by atoms with van der Waals surface area (Å²) in [6.45, 7) is 1.32. The molecule has 1 heterocycles. The fourth-order valence-corrected chi connectivity index (χ4v) is 2.17. The molecule has 1 aromatic heterocycles. The van der Waals surface area contributed by atoms with Crippen molar-refractivity contribution in [2.24, 2.45) is 0 Å². The lowest BCUT2D eigenvalue weighted by molar-refractivity contribution is -0.387. The van der Waals surface area contributed by atoms with E-state index in [9.17, 15) is 19.3 Å². The van der Waals surface area contributed by atoms with Gasteiger partial charge in [0.25, 0.3) is 0 Å². The minimum Gasteiger partial charge on any atom is -0.464 e. The zero-order valence-electron chi connectivity index (χ0n) is 12.2. The summed E-state index contributed by atoms with van der Waals surface area (Å²) in [6.07, 6.45) is 1.25. The molecule has 118 valence electrons. The summed E-state index contributed by atoms with van der Waals surface area (Å²) < 4.78 is 19.9. The van der Waals surface area contributed by atoms with E-state index in [1.807, 2.05) is 6.07 Å². The van der Waals surface area contributed by atoms with Crippen LogP contribution in [0, 0.1) is 34.2 Å². The van der Waals surface area contributed by atoms with Crippen LogP contribution in [0.15, 0.2) is 18.3 Å². The van der Waals surface area contributed by atoms with Gasteiger partial charge in [-0.2, -0.15) is 9.65 Å². The van der Waals surface area contributed by atoms with Gasteiger partial charge in [-0.05, 0) is 13.0 Å². The van der Waals surface area contributed by atoms with Crippen LogP contribution in [0.5, 0.6) is 0 Å². The topological polar surface area (TPSA) is 124 Å². The van der Waals surface area contributed by atoms with Crippen molar-refractivity contribution in [1.29, 1.82) is 5.26 Å². The lowest BCUT2D eigenvalue weighted by Crippen LogP contribution is -2.12. The first-order chi connectivity index (χ1) is 10.8. The van der Waals surface area contributed by atoms with Gasteiger partial charge in [-0.15, -0.1) is 0 Å². The number of nitro benzene ring substituents is 1. The Labute approximate surface area is 129 Å². The SMILES string of the molecule is COC(=O)c1c(N)c(C#N)cn1-c1ccc([N+](=O)[O-])c(F)c1C. The fourth-order valence-electron chi connectivity index (χ4n) is 2.17. The van der Waals surface area contributed by atoms with Crippen molar-refractivity contribution in [2.75, 3.05) is 12.8 Å². The maximum atomic E-state index is 14.1. The predicted octanol–water partition coefficient (Wildman–Crippen LogP) is 2.07. The van der Waals surface area contributed by atoms with Crippen LogP contribution in [0.2, 0.25) is 0 Å². The van der Waals surface area contributed by atoms with Gasteiger partial charge in [0.2, 0.25) is 5.82 Å². The third-order valence-electron chi connectivity index (χ3n) is 3.34. The highest BCUT2D eigenvalue weighted by Crippen LogP contribution is 2.30. The zero-order valence-corrected chi connectivity index (χ0v) is 12.2. The molecular formula is C14H11FN4O4. The molecule has 0 aliphatic carbocycles. The zero-order chi connectivity index (χ0) is 17.3. The van der Waals surface area contributed by atoms with Crippen LogP contribution in [-0.4, -0.2) is 22.6 Å². The molecule has 0 aliphatic heterocycles. The summed E-state index contributed by atoms with van der Waals surface area (Å²) in [5.74, 6) is -1.85. The average Bonchev–Trinajstić information content (AvgIpc) is 2.85. The number of carbonyl (C=O) groups is 1. The molecule has 9 heteroatoms. The molecule has 0 unspecified atom stereocenters. The first-order valence-corrected chi connectivity index (χ1v) is 6.26. The Morgan fingerprint density at radius 1 is 1.52 bits per heavy atom. The predicted molar refractivity (Wildman–Crippen MR) is 77.6 cm³/mol. The highest BCUT2D eigenvalue weighted by Gasteiger charge is 2.25. The highest BCUT2D eigenvalue weighted by atomic mass is 19.1. The number of hydrogen-bond acceptors (Lipinski definition) is 6. The van der Waals surface area contributed by atoms with Crippen LogP contribution < -0.4 is 5.73 Å². The summed E-state index contributed by atoms with van der Waals surface area (Å²) in [5, 5.41) is 19.8. The number of nitrogens with zero attached hydrogens (tertiary/aromatic N) is 3. The number of carbonyl (C=O) groups excluding carboxylic acids is 1. The monoisotopic (exact) mass is 318 g/mol. The van der Waals surface area contributed by atoms with E-state index in [4.69, 9.17) is 11.0 Å². The van der Waals surface area contributed by atoms with Crippen LogP contribution in [0.4, 0.5) is 15.8 Å². The maximum absolute atomic E-state index is 14.1. The number of halogens is 1. The Kier molecular flexibility index (Phi) is 4.00. The van der Waals surface area contributed by atoms with Crippen LogP contribution in [0.3, 0.4) is 0 Å². The number of nitriles is 1. The molecule has 0 saturated carbocycles. The Hall–Kier alpha value is -3.41. The third-order valence-corrected chi connectivity index (χ3v) is 3.34. The van der Waals surface area contributed by atoms with Crippen molar-refractivity contribution in [2.45, 2.75) is 6.92 Å². The lowest BCUT2D eigenvalue weighted by atomic mass is 10.1. The lowest BCUT2D eigenvalue weighted by Gasteiger charge is -2.11. The van der Waals surface area contributed by atoms with Crippen molar-refractivity contribution in [1.82, 2.24) is 4.57 Å². The number of aromatic nitrogens is 1. The van der Waals surface area contributed by atoms with Crippen molar-refractivity contribution in [3.63, 3.8) is 0 Å². The molecule has 0 amide bonds. The van der Waals surface area contributed by atoms with Gasteiger partial charge in [0, 0.05) is 17.8 Å². The quantitative estimate of drug-likeness (QED) is 0.525. The summed E-state index contributed by atoms with van der Waals surface area (Å²) in [6, 6.07) is 4.05. The second-order valence-corrected chi connectivity index (χ2v) is 4.58. The van der Waals surface area contributed by atoms with Gasteiger partial charge in [-0.3, -0.25) is 10.1 Å². The Morgan fingerprint density at radius 3 is 2.70 bits per heavy atom. The number of nitrogen functional groups attached to an aromatic ring is 1. The van der Waals surface area contributed by atoms with Gasteiger partial charge in [-0.1, -0.05) is 0 Å². The summed E-state index contributed by atoms with van der Waals surface area (Å²) >= 11 is 0. The largest absolute Gasteiger partial charge is 0.464 e. The van der Waals surface area contributed by atoms with Crippen LogP contribution in [-0.2, 0) is 4.74 Å². The molecular weight excluding hydrogens is 307 g/mol. The minimum atomic E-state index is -1.03. The van der Waals surface area contributed by atoms with E-state index in [2.05, 4.69) is 4.74 Å². The molecule has 1 aromatic carbocycles. The Morgan fingerprint density at radius 2 is 2.17 bits per heavy atom. The number of benzene rings is 1. The van der Waals surface area contributed by atoms with Gasteiger partial charge in [0.15, 0.2) is 5.69 Å². The standard InChI is InChI=1S/C14H11FN4O4/c1-7-9(3-4-10(11(7)15)19(21)22)18-6-8(5-16)12(17)13(18)14(20)23-2/h3-4,6H,17H2,1-2H3. The van der Waals surface area contributed by atoms with E-state index in [1.165, 1.54) is 23.8 Å². The molecule has 0 saturated heterocycles. The second-order valence-electron chi connectivity index (χ2n) is 4.58. The Balaban J connectivity index is 2.78. The number of hydrogen-bond donors (Lipinski definition) is 1. The summed E-state index contributed by atoms with van der Waals surface area (Å²) in [5.41, 5.74) is 4.87. The van der Waals surface area contributed by atoms with E-state index in [-0.39, 0.29) is 28.2 Å². The van der Waals surface area contributed by atoms with E-state index >= 15 is 0 Å². The van der Waals surface area contributed by atoms with E-state index in [0.717, 1.165) is 13.2 Å². The molecule has 0 fully saturated rings. The third kappa shape index (κ3) is 2.46. The molecule has 2 N–H and O–H groups in total. The number of anilines is 1. The summed E-state index contributed by atoms with van der Waals surface area (Å²) in [4.78, 5) is 21.8. The molecule has 0 radical (unpaired) electrons. The number of methoxy groups -OCH3 is 1. The number of ether oxygens (including phenoxy) is 1. The van der Waals surface area contributed by atoms with E-state index < -0.39 is 22.4 Å². The van der Waals surface area contributed by atoms with Crippen molar-refractivity contribution in [3.05, 3.63) is 51.1 Å². The summed E-state index contributed by atoms with van der Waals surface area (Å²) in [7, 11) is 1.13. The first-order valence-electron chi connectivity index (χ1n) is 6.26. The number of nitro groups is 1. The van der Waals surface area contributed by atoms with Crippen LogP contribution >= 0.6 is 0 Å². The van der Waals surface area contributed by atoms with Gasteiger partial charge in [-0.25, -0.2) is 4.79 Å². The van der Waals surface area contributed by atoms with Crippen LogP contribution in [0.1, 0.15) is 21.6 Å². The molecule has 0 bridgehead atoms. The van der Waals surface area contributed by atoms with Crippen molar-refractivity contribution < 1.29 is 18.8 Å². The second kappa shape index (κ2) is 5.76. The molecule has 0 aliphatic rings. The Bertz CT molecular complexity index is 867. The molecule has 2 rings (SSSR count).